The Kier molecular flexibility index (Phi) is 9.96. The SMILES string of the molecule is N=C(N)c1cccc(S(=O)(=O)NC2CCCN(c3ccc(-c4ccccc4S(N)(=O)=O)cc3)C2=O)c1.O=C(O)C(F)(F)F. The van der Waals surface area contributed by atoms with Crippen molar-refractivity contribution >= 4 is 43.4 Å². The maximum Gasteiger partial charge on any atom is 0.490 e. The molecule has 3 aromatic carbocycles. The zero-order valence-corrected chi connectivity index (χ0v) is 23.7. The molecule has 7 N–H and O–H groups in total. The first kappa shape index (κ1) is 33.2. The summed E-state index contributed by atoms with van der Waals surface area (Å²) < 4.78 is 83.9. The van der Waals surface area contributed by atoms with Crippen LogP contribution in [0.5, 0.6) is 0 Å². The van der Waals surface area contributed by atoms with E-state index in [4.69, 9.17) is 26.2 Å². The van der Waals surface area contributed by atoms with Crippen LogP contribution < -0.4 is 20.5 Å². The number of nitrogen functional groups attached to an aromatic ring is 1. The van der Waals surface area contributed by atoms with Crippen LogP contribution in [0.15, 0.2) is 82.6 Å². The molecule has 1 aliphatic heterocycles. The van der Waals surface area contributed by atoms with Crippen LogP contribution in [-0.4, -0.2) is 58.4 Å². The standard InChI is InChI=1S/C24H25N5O5S2.C2HF3O2/c25-23(26)17-5-3-6-19(15-17)36(33,34)28-21-8-4-14-29(24(21)30)18-12-10-16(11-13-18)20-7-1-2-9-22(20)35(27,31)32;3-2(4,5)1(6)7/h1-3,5-7,9-13,15,21,28H,4,8,14H2,(H3,25,26)(H2,27,31,32);(H,6,7). The number of hydrogen-bond donors (Lipinski definition) is 5. The molecule has 0 radical (unpaired) electrons. The summed E-state index contributed by atoms with van der Waals surface area (Å²) in [6.45, 7) is 0.407. The number of piperidine rings is 1. The molecular weight excluding hydrogens is 615 g/mol. The molecule has 1 amide bonds. The van der Waals surface area contributed by atoms with Crippen molar-refractivity contribution in [2.45, 2.75) is 34.9 Å². The average molecular weight is 642 g/mol. The molecule has 1 unspecified atom stereocenters. The van der Waals surface area contributed by atoms with Gasteiger partial charge in [0.2, 0.25) is 26.0 Å². The lowest BCUT2D eigenvalue weighted by Crippen LogP contribution is -2.52. The summed E-state index contributed by atoms with van der Waals surface area (Å²) in [7, 11) is -7.96. The number of nitrogens with one attached hydrogen (secondary N) is 2. The number of benzene rings is 3. The molecule has 4 rings (SSSR count). The predicted molar refractivity (Wildman–Crippen MR) is 150 cm³/mol. The lowest BCUT2D eigenvalue weighted by Gasteiger charge is -2.32. The molecule has 0 spiro atoms. The van der Waals surface area contributed by atoms with Crippen LogP contribution in [0, 0.1) is 5.41 Å². The number of nitrogens with two attached hydrogens (primary N) is 2. The number of carbonyl (C=O) groups is 2. The van der Waals surface area contributed by atoms with E-state index in [0.29, 0.717) is 36.2 Å². The normalized spacial score (nSPS) is 15.8. The number of sulfonamides is 2. The molecule has 43 heavy (non-hydrogen) atoms. The molecule has 3 aromatic rings. The number of halogens is 3. The lowest BCUT2D eigenvalue weighted by molar-refractivity contribution is -0.192. The number of primary sulfonamides is 1. The molecule has 0 aliphatic carbocycles. The Hall–Kier alpha value is -4.32. The molecule has 1 heterocycles. The fourth-order valence-corrected chi connectivity index (χ4v) is 6.13. The number of anilines is 1. The van der Waals surface area contributed by atoms with E-state index in [2.05, 4.69) is 4.72 Å². The van der Waals surface area contributed by atoms with Crippen LogP contribution in [0.2, 0.25) is 0 Å². The molecule has 1 fully saturated rings. The Bertz CT molecular complexity index is 1750. The summed E-state index contributed by atoms with van der Waals surface area (Å²) >= 11 is 0. The third-order valence-electron chi connectivity index (χ3n) is 6.12. The van der Waals surface area contributed by atoms with E-state index in [0.717, 1.165) is 0 Å². The van der Waals surface area contributed by atoms with Gasteiger partial charge in [-0.25, -0.2) is 26.8 Å². The largest absolute Gasteiger partial charge is 0.490 e. The van der Waals surface area contributed by atoms with Crippen LogP contribution >= 0.6 is 0 Å². The summed E-state index contributed by atoms with van der Waals surface area (Å²) in [6.07, 6.45) is -4.18. The van der Waals surface area contributed by atoms with Crippen LogP contribution in [0.3, 0.4) is 0 Å². The second kappa shape index (κ2) is 12.9. The molecule has 0 aromatic heterocycles. The number of amidine groups is 1. The van der Waals surface area contributed by atoms with Crippen LogP contribution in [-0.2, 0) is 29.6 Å². The summed E-state index contributed by atoms with van der Waals surface area (Å²) in [5.74, 6) is -3.42. The Morgan fingerprint density at radius 3 is 2.16 bits per heavy atom. The molecule has 1 atom stereocenters. The number of hydrogen-bond acceptors (Lipinski definition) is 7. The van der Waals surface area contributed by atoms with E-state index in [1.54, 1.807) is 42.5 Å². The fraction of sp³-hybridized carbons (Fsp3) is 0.192. The molecular formula is C26H26F3N5O7S2. The summed E-state index contributed by atoms with van der Waals surface area (Å²) in [5, 5.41) is 20.0. The number of carboxylic acid groups (broad SMARTS) is 1. The number of amides is 1. The smallest absolute Gasteiger partial charge is 0.475 e. The summed E-state index contributed by atoms with van der Waals surface area (Å²) in [4.78, 5) is 23.5. The number of aliphatic carboxylic acids is 1. The van der Waals surface area contributed by atoms with Crippen molar-refractivity contribution in [3.05, 3.63) is 78.4 Å². The number of rotatable bonds is 7. The van der Waals surface area contributed by atoms with Gasteiger partial charge in [-0.3, -0.25) is 10.2 Å². The maximum absolute atomic E-state index is 13.2. The highest BCUT2D eigenvalue weighted by molar-refractivity contribution is 7.89. The van der Waals surface area contributed by atoms with Crippen molar-refractivity contribution in [2.75, 3.05) is 11.4 Å². The first-order valence-electron chi connectivity index (χ1n) is 12.2. The van der Waals surface area contributed by atoms with Crippen LogP contribution in [0.1, 0.15) is 18.4 Å². The summed E-state index contributed by atoms with van der Waals surface area (Å²) in [5.41, 5.74) is 7.33. The minimum atomic E-state index is -5.08. The van der Waals surface area contributed by atoms with Crippen molar-refractivity contribution in [2.24, 2.45) is 10.9 Å². The topological polar surface area (TPSA) is 214 Å². The zero-order valence-electron chi connectivity index (χ0n) is 22.1. The van der Waals surface area contributed by atoms with Gasteiger partial charge < -0.3 is 15.7 Å². The van der Waals surface area contributed by atoms with Gasteiger partial charge in [0.15, 0.2) is 0 Å². The van der Waals surface area contributed by atoms with Crippen LogP contribution in [0.4, 0.5) is 18.9 Å². The highest BCUT2D eigenvalue weighted by atomic mass is 32.2. The van der Waals surface area contributed by atoms with Gasteiger partial charge in [0.1, 0.15) is 11.9 Å². The first-order chi connectivity index (χ1) is 19.9. The van der Waals surface area contributed by atoms with Crippen molar-refractivity contribution < 1.29 is 44.7 Å². The summed E-state index contributed by atoms with van der Waals surface area (Å²) in [6, 6.07) is 17.8. The van der Waals surface area contributed by atoms with Gasteiger partial charge in [0.05, 0.1) is 9.79 Å². The Balaban J connectivity index is 0.000000646. The minimum Gasteiger partial charge on any atom is -0.475 e. The lowest BCUT2D eigenvalue weighted by atomic mass is 10.0. The molecule has 0 bridgehead atoms. The third kappa shape index (κ3) is 8.38. The van der Waals surface area contributed by atoms with Gasteiger partial charge >= 0.3 is 12.1 Å². The van der Waals surface area contributed by atoms with Gasteiger partial charge in [-0.05, 0) is 48.7 Å². The number of carboxylic acids is 1. The quantitative estimate of drug-likeness (QED) is 0.190. The van der Waals surface area contributed by atoms with Gasteiger partial charge in [0, 0.05) is 23.4 Å². The predicted octanol–water partition coefficient (Wildman–Crippen LogP) is 2.39. The second-order valence-electron chi connectivity index (χ2n) is 9.14. The Morgan fingerprint density at radius 1 is 1.00 bits per heavy atom. The molecule has 230 valence electrons. The van der Waals surface area contributed by atoms with Crippen molar-refractivity contribution in [3.63, 3.8) is 0 Å². The van der Waals surface area contributed by atoms with E-state index in [1.807, 2.05) is 0 Å². The van der Waals surface area contributed by atoms with Crippen molar-refractivity contribution in [1.29, 1.82) is 5.41 Å². The Morgan fingerprint density at radius 2 is 1.60 bits per heavy atom. The van der Waals surface area contributed by atoms with E-state index in [9.17, 15) is 34.8 Å². The molecule has 0 saturated carbocycles. The number of nitrogens with zero attached hydrogens (tertiary/aromatic N) is 1. The second-order valence-corrected chi connectivity index (χ2v) is 12.4. The van der Waals surface area contributed by atoms with E-state index in [1.165, 1.54) is 35.2 Å². The maximum atomic E-state index is 13.2. The van der Waals surface area contributed by atoms with Gasteiger partial charge in [0.25, 0.3) is 0 Å². The molecule has 17 heteroatoms. The highest BCUT2D eigenvalue weighted by Gasteiger charge is 2.38. The zero-order chi connectivity index (χ0) is 32.2. The van der Waals surface area contributed by atoms with Crippen molar-refractivity contribution in [1.82, 2.24) is 4.72 Å². The van der Waals surface area contributed by atoms with Crippen LogP contribution in [0.25, 0.3) is 11.1 Å². The highest BCUT2D eigenvalue weighted by Crippen LogP contribution is 2.30. The average Bonchev–Trinajstić information content (AvgIpc) is 2.94. The van der Waals surface area contributed by atoms with E-state index < -0.39 is 44.1 Å². The monoisotopic (exact) mass is 641 g/mol. The third-order valence-corrected chi connectivity index (χ3v) is 8.56. The van der Waals surface area contributed by atoms with Gasteiger partial charge in [-0.1, -0.05) is 42.5 Å². The van der Waals surface area contributed by atoms with Gasteiger partial charge in [-0.15, -0.1) is 0 Å². The molecule has 1 aliphatic rings. The number of carbonyl (C=O) groups excluding carboxylic acids is 1. The fourth-order valence-electron chi connectivity index (χ4n) is 4.10. The van der Waals surface area contributed by atoms with Gasteiger partial charge in [-0.2, -0.15) is 17.9 Å². The molecule has 1 saturated heterocycles. The number of alkyl halides is 3. The Labute approximate surface area is 244 Å². The minimum absolute atomic E-state index is 0.00453. The van der Waals surface area contributed by atoms with Crippen molar-refractivity contribution in [3.8, 4) is 11.1 Å². The van der Waals surface area contributed by atoms with E-state index >= 15 is 0 Å². The molecule has 12 nitrogen and oxygen atoms in total. The van der Waals surface area contributed by atoms with E-state index in [-0.39, 0.29) is 21.2 Å². The first-order valence-corrected chi connectivity index (χ1v) is 15.3.